The van der Waals surface area contributed by atoms with Crippen LogP contribution in [-0.2, 0) is 0 Å². The predicted molar refractivity (Wildman–Crippen MR) is 62.3 cm³/mol. The van der Waals surface area contributed by atoms with E-state index in [-0.39, 0.29) is 4.75 Å². The summed E-state index contributed by atoms with van der Waals surface area (Å²) in [5.41, 5.74) is 1.05. The van der Waals surface area contributed by atoms with E-state index in [1.807, 2.05) is 13.0 Å². The van der Waals surface area contributed by atoms with Gasteiger partial charge in [-0.1, -0.05) is 20.8 Å². The van der Waals surface area contributed by atoms with Gasteiger partial charge in [0.15, 0.2) is 0 Å². The first-order chi connectivity index (χ1) is 5.88. The van der Waals surface area contributed by atoms with Gasteiger partial charge in [-0.3, -0.25) is 0 Å². The molecule has 0 radical (unpaired) electrons. The molecular weight excluding hydrogens is 246 g/mol. The highest BCUT2D eigenvalue weighted by Gasteiger charge is 2.13. The molecular formula is C10H14BrNS. The summed E-state index contributed by atoms with van der Waals surface area (Å²) in [6, 6.07) is 4.10. The standard InChI is InChI=1S/C10H14BrNS/c1-7-8(11)5-6-9(12-7)13-10(2,3)4/h5-6H,1-4H3. The Morgan fingerprint density at radius 3 is 2.38 bits per heavy atom. The maximum absolute atomic E-state index is 4.47. The van der Waals surface area contributed by atoms with Crippen molar-refractivity contribution in [2.24, 2.45) is 0 Å². The number of hydrogen-bond donors (Lipinski definition) is 0. The third kappa shape index (κ3) is 3.69. The molecule has 0 bridgehead atoms. The van der Waals surface area contributed by atoms with Crippen molar-refractivity contribution < 1.29 is 0 Å². The summed E-state index contributed by atoms with van der Waals surface area (Å²) >= 11 is 5.23. The van der Waals surface area contributed by atoms with Crippen LogP contribution in [0.4, 0.5) is 0 Å². The molecule has 0 spiro atoms. The molecule has 0 aliphatic carbocycles. The molecule has 3 heteroatoms. The van der Waals surface area contributed by atoms with Crippen LogP contribution in [0.1, 0.15) is 26.5 Å². The van der Waals surface area contributed by atoms with Gasteiger partial charge < -0.3 is 0 Å². The minimum absolute atomic E-state index is 0.229. The molecule has 0 saturated heterocycles. The number of hydrogen-bond acceptors (Lipinski definition) is 2. The van der Waals surface area contributed by atoms with Crippen LogP contribution in [0, 0.1) is 6.92 Å². The first kappa shape index (κ1) is 11.1. The number of aryl methyl sites for hydroxylation is 1. The van der Waals surface area contributed by atoms with E-state index in [2.05, 4.69) is 47.8 Å². The van der Waals surface area contributed by atoms with Gasteiger partial charge in [0.05, 0.1) is 10.7 Å². The fraction of sp³-hybridized carbons (Fsp3) is 0.500. The predicted octanol–water partition coefficient (Wildman–Crippen LogP) is 4.04. The second-order valence-electron chi connectivity index (χ2n) is 3.93. The SMILES string of the molecule is Cc1nc(SC(C)(C)C)ccc1Br. The molecule has 1 nitrogen and oxygen atoms in total. The van der Waals surface area contributed by atoms with Crippen LogP contribution in [-0.4, -0.2) is 9.73 Å². The zero-order chi connectivity index (χ0) is 10.1. The Morgan fingerprint density at radius 2 is 1.92 bits per heavy atom. The van der Waals surface area contributed by atoms with Crippen LogP contribution in [0.15, 0.2) is 21.6 Å². The molecule has 13 heavy (non-hydrogen) atoms. The quantitative estimate of drug-likeness (QED) is 0.707. The highest BCUT2D eigenvalue weighted by Crippen LogP contribution is 2.31. The van der Waals surface area contributed by atoms with E-state index in [1.54, 1.807) is 11.8 Å². The Balaban J connectivity index is 2.86. The topological polar surface area (TPSA) is 12.9 Å². The normalized spacial score (nSPS) is 11.8. The zero-order valence-electron chi connectivity index (χ0n) is 8.39. The Bertz CT molecular complexity index is 304. The lowest BCUT2D eigenvalue weighted by atomic mass is 10.3. The first-order valence-electron chi connectivity index (χ1n) is 4.21. The molecule has 1 rings (SSSR count). The lowest BCUT2D eigenvalue weighted by Crippen LogP contribution is -2.07. The van der Waals surface area contributed by atoms with Gasteiger partial charge in [-0.15, -0.1) is 11.8 Å². The highest BCUT2D eigenvalue weighted by atomic mass is 79.9. The van der Waals surface area contributed by atoms with Crippen LogP contribution < -0.4 is 0 Å². The summed E-state index contributed by atoms with van der Waals surface area (Å²) in [5, 5.41) is 1.09. The largest absolute Gasteiger partial charge is 0.246 e. The van der Waals surface area contributed by atoms with Gasteiger partial charge in [0.2, 0.25) is 0 Å². The molecule has 0 aliphatic rings. The third-order valence-electron chi connectivity index (χ3n) is 1.41. The van der Waals surface area contributed by atoms with Gasteiger partial charge >= 0.3 is 0 Å². The minimum Gasteiger partial charge on any atom is -0.246 e. The molecule has 1 aromatic heterocycles. The number of pyridine rings is 1. The molecule has 0 amide bonds. The Labute approximate surface area is 92.5 Å². The second kappa shape index (κ2) is 4.01. The smallest absolute Gasteiger partial charge is 0.0969 e. The van der Waals surface area contributed by atoms with Crippen LogP contribution in [0.25, 0.3) is 0 Å². The number of thioether (sulfide) groups is 1. The van der Waals surface area contributed by atoms with E-state index in [1.165, 1.54) is 0 Å². The summed E-state index contributed by atoms with van der Waals surface area (Å²) < 4.78 is 1.30. The summed E-state index contributed by atoms with van der Waals surface area (Å²) in [4.78, 5) is 4.47. The molecule has 0 aliphatic heterocycles. The fourth-order valence-corrected chi connectivity index (χ4v) is 2.06. The lowest BCUT2D eigenvalue weighted by Gasteiger charge is -2.16. The Morgan fingerprint density at radius 1 is 1.31 bits per heavy atom. The van der Waals surface area contributed by atoms with Gasteiger partial charge in [-0.25, -0.2) is 4.98 Å². The molecule has 0 atom stereocenters. The molecule has 0 saturated carbocycles. The van der Waals surface area contributed by atoms with Crippen LogP contribution in [0.2, 0.25) is 0 Å². The second-order valence-corrected chi connectivity index (χ2v) is 6.63. The maximum atomic E-state index is 4.47. The number of rotatable bonds is 1. The average Bonchev–Trinajstić information content (AvgIpc) is 1.94. The van der Waals surface area contributed by atoms with Crippen molar-refractivity contribution in [2.75, 3.05) is 0 Å². The molecule has 72 valence electrons. The van der Waals surface area contributed by atoms with E-state index in [9.17, 15) is 0 Å². The monoisotopic (exact) mass is 259 g/mol. The van der Waals surface area contributed by atoms with Crippen LogP contribution in [0.5, 0.6) is 0 Å². The number of nitrogens with zero attached hydrogens (tertiary/aromatic N) is 1. The molecule has 1 heterocycles. The summed E-state index contributed by atoms with van der Waals surface area (Å²) in [7, 11) is 0. The summed E-state index contributed by atoms with van der Waals surface area (Å²) in [6.45, 7) is 8.58. The van der Waals surface area contributed by atoms with Gasteiger partial charge in [0.1, 0.15) is 0 Å². The fourth-order valence-electron chi connectivity index (χ4n) is 0.892. The zero-order valence-corrected chi connectivity index (χ0v) is 10.8. The van der Waals surface area contributed by atoms with Gasteiger partial charge in [-0.2, -0.15) is 0 Å². The minimum atomic E-state index is 0.229. The van der Waals surface area contributed by atoms with Gasteiger partial charge in [-0.05, 0) is 35.0 Å². The molecule has 0 fully saturated rings. The van der Waals surface area contributed by atoms with E-state index < -0.39 is 0 Å². The van der Waals surface area contributed by atoms with Crippen molar-refractivity contribution in [3.05, 3.63) is 22.3 Å². The van der Waals surface area contributed by atoms with Crippen molar-refractivity contribution in [3.63, 3.8) is 0 Å². The third-order valence-corrected chi connectivity index (χ3v) is 3.29. The van der Waals surface area contributed by atoms with Gasteiger partial charge in [0.25, 0.3) is 0 Å². The summed E-state index contributed by atoms with van der Waals surface area (Å²) in [6.07, 6.45) is 0. The Kier molecular flexibility index (Phi) is 3.41. The summed E-state index contributed by atoms with van der Waals surface area (Å²) in [5.74, 6) is 0. The highest BCUT2D eigenvalue weighted by molar-refractivity contribution is 9.10. The van der Waals surface area contributed by atoms with Crippen molar-refractivity contribution >= 4 is 27.7 Å². The van der Waals surface area contributed by atoms with Crippen molar-refractivity contribution in [3.8, 4) is 0 Å². The van der Waals surface area contributed by atoms with Crippen molar-refractivity contribution in [2.45, 2.75) is 37.5 Å². The van der Waals surface area contributed by atoms with E-state index in [4.69, 9.17) is 0 Å². The first-order valence-corrected chi connectivity index (χ1v) is 5.81. The van der Waals surface area contributed by atoms with Crippen LogP contribution >= 0.6 is 27.7 Å². The van der Waals surface area contributed by atoms with Crippen molar-refractivity contribution in [1.82, 2.24) is 4.98 Å². The van der Waals surface area contributed by atoms with E-state index in [0.29, 0.717) is 0 Å². The molecule has 0 aromatic carbocycles. The maximum Gasteiger partial charge on any atom is 0.0969 e. The molecule has 0 unspecified atom stereocenters. The van der Waals surface area contributed by atoms with Crippen molar-refractivity contribution in [1.29, 1.82) is 0 Å². The average molecular weight is 260 g/mol. The molecule has 0 N–H and O–H groups in total. The van der Waals surface area contributed by atoms with Crippen LogP contribution in [0.3, 0.4) is 0 Å². The molecule has 1 aromatic rings. The number of halogens is 1. The number of aromatic nitrogens is 1. The van der Waals surface area contributed by atoms with Gasteiger partial charge in [0, 0.05) is 9.22 Å². The lowest BCUT2D eigenvalue weighted by molar-refractivity contribution is 0.798. The Hall–Kier alpha value is -0.0200. The van der Waals surface area contributed by atoms with E-state index in [0.717, 1.165) is 15.2 Å². The van der Waals surface area contributed by atoms with E-state index >= 15 is 0 Å².